The zero-order chi connectivity index (χ0) is 19.2. The van der Waals surface area contributed by atoms with Gasteiger partial charge in [-0.1, -0.05) is 31.4 Å². The highest BCUT2D eigenvalue weighted by atomic mass is 35.5. The van der Waals surface area contributed by atoms with Gasteiger partial charge in [-0.25, -0.2) is 9.97 Å². The van der Waals surface area contributed by atoms with Crippen molar-refractivity contribution in [1.82, 2.24) is 15.3 Å². The van der Waals surface area contributed by atoms with E-state index in [1.165, 1.54) is 24.5 Å². The smallest absolute Gasteiger partial charge is 0.352 e. The quantitative estimate of drug-likeness (QED) is 0.670. The van der Waals surface area contributed by atoms with E-state index in [0.29, 0.717) is 6.54 Å². The molecule has 0 aliphatic carbocycles. The molecule has 5 nitrogen and oxygen atoms in total. The maximum Gasteiger partial charge on any atom is 0.418 e. The molecule has 0 spiro atoms. The maximum atomic E-state index is 13.1. The Bertz CT molecular complexity index is 751. The van der Waals surface area contributed by atoms with E-state index in [9.17, 15) is 18.0 Å². The Kier molecular flexibility index (Phi) is 6.79. The van der Waals surface area contributed by atoms with Crippen molar-refractivity contribution in [3.63, 3.8) is 0 Å². The number of hydrogen-bond donors (Lipinski definition) is 2. The number of unbranched alkanes of at least 4 members (excludes halogenated alkanes) is 2. The van der Waals surface area contributed by atoms with E-state index < -0.39 is 11.7 Å². The van der Waals surface area contributed by atoms with E-state index in [-0.39, 0.29) is 28.1 Å². The Balaban J connectivity index is 2.07. The molecule has 0 radical (unpaired) electrons. The summed E-state index contributed by atoms with van der Waals surface area (Å²) in [6, 6.07) is 3.35. The van der Waals surface area contributed by atoms with Crippen LogP contribution < -0.4 is 10.6 Å². The first-order chi connectivity index (χ1) is 12.3. The average molecular weight is 387 g/mol. The third-order valence-corrected chi connectivity index (χ3v) is 3.75. The van der Waals surface area contributed by atoms with Crippen molar-refractivity contribution < 1.29 is 18.0 Å². The van der Waals surface area contributed by atoms with Crippen molar-refractivity contribution in [1.29, 1.82) is 0 Å². The highest BCUT2D eigenvalue weighted by molar-refractivity contribution is 6.30. The Morgan fingerprint density at radius 2 is 1.88 bits per heavy atom. The topological polar surface area (TPSA) is 66.9 Å². The van der Waals surface area contributed by atoms with Crippen LogP contribution in [0.25, 0.3) is 0 Å². The minimum absolute atomic E-state index is 0.0288. The van der Waals surface area contributed by atoms with Gasteiger partial charge < -0.3 is 10.6 Å². The summed E-state index contributed by atoms with van der Waals surface area (Å²) >= 11 is 5.64. The summed E-state index contributed by atoms with van der Waals surface area (Å²) in [7, 11) is 0. The molecule has 1 amide bonds. The molecule has 0 atom stereocenters. The van der Waals surface area contributed by atoms with Crippen LogP contribution in [0.1, 0.15) is 42.1 Å². The normalized spacial score (nSPS) is 11.3. The standard InChI is InChI=1S/C17H18ClF3N4O/c1-2-3-4-7-22-15(26)11-9-23-16(24-10-11)25-14-6-5-12(18)8-13(14)17(19,20)21/h5-6,8-10H,2-4,7H2,1H3,(H,22,26)(H,23,24,25). The zero-order valence-corrected chi connectivity index (χ0v) is 14.8. The molecule has 2 aromatic rings. The molecule has 0 saturated carbocycles. The highest BCUT2D eigenvalue weighted by Gasteiger charge is 2.34. The SMILES string of the molecule is CCCCCNC(=O)c1cnc(Nc2ccc(Cl)cc2C(F)(F)F)nc1. The zero-order valence-electron chi connectivity index (χ0n) is 14.0. The van der Waals surface area contributed by atoms with Crippen LogP contribution in [0, 0.1) is 0 Å². The fraction of sp³-hybridized carbons (Fsp3) is 0.353. The molecule has 140 valence electrons. The van der Waals surface area contributed by atoms with Crippen molar-refractivity contribution in [3.05, 3.63) is 46.7 Å². The summed E-state index contributed by atoms with van der Waals surface area (Å²) in [5, 5.41) is 5.21. The van der Waals surface area contributed by atoms with Crippen LogP contribution in [0.5, 0.6) is 0 Å². The lowest BCUT2D eigenvalue weighted by Gasteiger charge is -2.14. The minimum Gasteiger partial charge on any atom is -0.352 e. The summed E-state index contributed by atoms with van der Waals surface area (Å²) in [6.45, 7) is 2.61. The predicted octanol–water partition coefficient (Wildman–Crippen LogP) is 4.81. The molecule has 0 aliphatic heterocycles. The molecule has 0 fully saturated rings. The van der Waals surface area contributed by atoms with Gasteiger partial charge in [-0.15, -0.1) is 0 Å². The molecule has 0 bridgehead atoms. The number of aromatic nitrogens is 2. The highest BCUT2D eigenvalue weighted by Crippen LogP contribution is 2.37. The predicted molar refractivity (Wildman–Crippen MR) is 93.6 cm³/mol. The second-order valence-corrected chi connectivity index (χ2v) is 6.01. The van der Waals surface area contributed by atoms with Gasteiger partial charge in [-0.2, -0.15) is 13.2 Å². The molecule has 2 rings (SSSR count). The number of amides is 1. The number of rotatable bonds is 7. The number of carbonyl (C=O) groups excluding carboxylic acids is 1. The van der Waals surface area contributed by atoms with Crippen molar-refractivity contribution in [2.24, 2.45) is 0 Å². The van der Waals surface area contributed by atoms with E-state index in [2.05, 4.69) is 27.5 Å². The molecule has 1 aromatic heterocycles. The summed E-state index contributed by atoms with van der Waals surface area (Å²) in [5.41, 5.74) is -0.913. The van der Waals surface area contributed by atoms with Crippen LogP contribution in [0.15, 0.2) is 30.6 Å². The molecule has 0 saturated heterocycles. The Hall–Kier alpha value is -2.35. The van der Waals surface area contributed by atoms with Crippen molar-refractivity contribution in [2.75, 3.05) is 11.9 Å². The first-order valence-electron chi connectivity index (χ1n) is 8.05. The number of nitrogens with zero attached hydrogens (tertiary/aromatic N) is 2. The molecule has 1 aromatic carbocycles. The van der Waals surface area contributed by atoms with Gasteiger partial charge in [0, 0.05) is 24.0 Å². The Labute approximate surface area is 154 Å². The van der Waals surface area contributed by atoms with Crippen LogP contribution in [-0.2, 0) is 6.18 Å². The lowest BCUT2D eigenvalue weighted by atomic mass is 10.1. The minimum atomic E-state index is -4.58. The summed E-state index contributed by atoms with van der Waals surface area (Å²) in [5.74, 6) is -0.379. The Morgan fingerprint density at radius 3 is 2.50 bits per heavy atom. The van der Waals surface area contributed by atoms with Crippen LogP contribution in [-0.4, -0.2) is 22.4 Å². The summed E-state index contributed by atoms with van der Waals surface area (Å²) in [6.07, 6.45) is 0.874. The second kappa shape index (κ2) is 8.84. The molecule has 2 N–H and O–H groups in total. The van der Waals surface area contributed by atoms with Gasteiger partial charge in [0.2, 0.25) is 5.95 Å². The van der Waals surface area contributed by atoms with Crippen LogP contribution in [0.2, 0.25) is 5.02 Å². The maximum absolute atomic E-state index is 13.1. The van der Waals surface area contributed by atoms with Gasteiger partial charge in [-0.3, -0.25) is 4.79 Å². The first-order valence-corrected chi connectivity index (χ1v) is 8.43. The molecule has 0 aliphatic rings. The lowest BCUT2D eigenvalue weighted by Crippen LogP contribution is -2.24. The van der Waals surface area contributed by atoms with Crippen molar-refractivity contribution >= 4 is 29.1 Å². The summed E-state index contributed by atoms with van der Waals surface area (Å²) in [4.78, 5) is 19.7. The third kappa shape index (κ3) is 5.59. The lowest BCUT2D eigenvalue weighted by molar-refractivity contribution is -0.136. The van der Waals surface area contributed by atoms with E-state index in [4.69, 9.17) is 11.6 Å². The Morgan fingerprint density at radius 1 is 1.19 bits per heavy atom. The molecule has 9 heteroatoms. The van der Waals surface area contributed by atoms with E-state index in [1.54, 1.807) is 0 Å². The van der Waals surface area contributed by atoms with E-state index in [1.807, 2.05) is 0 Å². The van der Waals surface area contributed by atoms with Crippen molar-refractivity contribution in [2.45, 2.75) is 32.4 Å². The number of nitrogens with one attached hydrogen (secondary N) is 2. The largest absolute Gasteiger partial charge is 0.418 e. The van der Waals surface area contributed by atoms with Gasteiger partial charge in [0.1, 0.15) is 0 Å². The van der Waals surface area contributed by atoms with Crippen LogP contribution >= 0.6 is 11.6 Å². The fourth-order valence-electron chi connectivity index (χ4n) is 2.17. The number of benzene rings is 1. The van der Waals surface area contributed by atoms with Crippen molar-refractivity contribution in [3.8, 4) is 0 Å². The monoisotopic (exact) mass is 386 g/mol. The number of anilines is 2. The number of halogens is 4. The van der Waals surface area contributed by atoms with Crippen LogP contribution in [0.4, 0.5) is 24.8 Å². The third-order valence-electron chi connectivity index (χ3n) is 3.51. The van der Waals surface area contributed by atoms with E-state index in [0.717, 1.165) is 25.3 Å². The number of carbonyl (C=O) groups is 1. The average Bonchev–Trinajstić information content (AvgIpc) is 2.60. The van der Waals surface area contributed by atoms with Gasteiger partial charge in [-0.05, 0) is 24.6 Å². The van der Waals surface area contributed by atoms with Crippen LogP contribution in [0.3, 0.4) is 0 Å². The fourth-order valence-corrected chi connectivity index (χ4v) is 2.34. The molecule has 26 heavy (non-hydrogen) atoms. The van der Waals surface area contributed by atoms with E-state index >= 15 is 0 Å². The molecular formula is C17H18ClF3N4O. The molecular weight excluding hydrogens is 369 g/mol. The molecule has 0 unspecified atom stereocenters. The summed E-state index contributed by atoms with van der Waals surface area (Å²) < 4.78 is 39.2. The van der Waals surface area contributed by atoms with Gasteiger partial charge in [0.15, 0.2) is 0 Å². The van der Waals surface area contributed by atoms with Gasteiger partial charge >= 0.3 is 6.18 Å². The second-order valence-electron chi connectivity index (χ2n) is 5.57. The van der Waals surface area contributed by atoms with Gasteiger partial charge in [0.05, 0.1) is 16.8 Å². The van der Waals surface area contributed by atoms with Gasteiger partial charge in [0.25, 0.3) is 5.91 Å². The molecule has 1 heterocycles. The number of hydrogen-bond acceptors (Lipinski definition) is 4. The first kappa shape index (κ1) is 20.0. The number of alkyl halides is 3.